The normalized spacial score (nSPS) is 29.8. The molecule has 2 heterocycles. The van der Waals surface area contributed by atoms with E-state index in [0.717, 1.165) is 19.8 Å². The molecule has 88 valence electrons. The lowest BCUT2D eigenvalue weighted by atomic mass is 10.2. The zero-order valence-electron chi connectivity index (χ0n) is 9.95. The molecule has 0 radical (unpaired) electrons. The molecule has 2 rings (SSSR count). The van der Waals surface area contributed by atoms with Gasteiger partial charge in [0.15, 0.2) is 0 Å². The van der Waals surface area contributed by atoms with E-state index in [1.807, 2.05) is 0 Å². The minimum Gasteiger partial charge on any atom is -0.377 e. The van der Waals surface area contributed by atoms with E-state index in [1.165, 1.54) is 45.3 Å². The maximum Gasteiger partial charge on any atom is 0.0864 e. The van der Waals surface area contributed by atoms with E-state index >= 15 is 0 Å². The molecule has 0 saturated carbocycles. The van der Waals surface area contributed by atoms with Gasteiger partial charge in [-0.3, -0.25) is 9.80 Å². The van der Waals surface area contributed by atoms with Crippen molar-refractivity contribution in [2.45, 2.75) is 38.8 Å². The van der Waals surface area contributed by atoms with Crippen molar-refractivity contribution in [2.75, 3.05) is 39.4 Å². The monoisotopic (exact) mass is 212 g/mol. The van der Waals surface area contributed by atoms with Gasteiger partial charge in [-0.1, -0.05) is 13.3 Å². The molecule has 0 aromatic heterocycles. The second kappa shape index (κ2) is 5.83. The van der Waals surface area contributed by atoms with Crippen LogP contribution in [0, 0.1) is 0 Å². The number of rotatable bonds is 4. The van der Waals surface area contributed by atoms with E-state index in [1.54, 1.807) is 0 Å². The van der Waals surface area contributed by atoms with E-state index in [2.05, 4.69) is 16.7 Å². The molecule has 2 aliphatic heterocycles. The van der Waals surface area contributed by atoms with Crippen molar-refractivity contribution >= 4 is 0 Å². The first-order chi connectivity index (χ1) is 7.42. The number of hydrogen-bond acceptors (Lipinski definition) is 3. The molecule has 3 nitrogen and oxygen atoms in total. The van der Waals surface area contributed by atoms with Gasteiger partial charge in [0.25, 0.3) is 0 Å². The van der Waals surface area contributed by atoms with Crippen LogP contribution < -0.4 is 0 Å². The summed E-state index contributed by atoms with van der Waals surface area (Å²) in [6, 6.07) is 0. The van der Waals surface area contributed by atoms with Crippen molar-refractivity contribution in [3.63, 3.8) is 0 Å². The highest BCUT2D eigenvalue weighted by molar-refractivity contribution is 4.79. The second-order valence-corrected chi connectivity index (χ2v) is 4.69. The number of likely N-dealkylation sites (tertiary alicyclic amines) is 1. The fraction of sp³-hybridized carbons (Fsp3) is 1.00. The maximum absolute atomic E-state index is 5.62. The average Bonchev–Trinajstić information content (AvgIpc) is 2.80. The molecule has 3 heteroatoms. The van der Waals surface area contributed by atoms with Crippen molar-refractivity contribution in [1.82, 2.24) is 9.80 Å². The average molecular weight is 212 g/mol. The second-order valence-electron chi connectivity index (χ2n) is 4.69. The fourth-order valence-corrected chi connectivity index (χ4v) is 2.62. The van der Waals surface area contributed by atoms with E-state index in [9.17, 15) is 0 Å². The Morgan fingerprint density at radius 1 is 1.20 bits per heavy atom. The van der Waals surface area contributed by atoms with Crippen LogP contribution in [0.4, 0.5) is 0 Å². The molecule has 15 heavy (non-hydrogen) atoms. The van der Waals surface area contributed by atoms with Crippen LogP contribution in [0.2, 0.25) is 0 Å². The summed E-state index contributed by atoms with van der Waals surface area (Å²) in [5, 5.41) is 0. The first kappa shape index (κ1) is 11.4. The smallest absolute Gasteiger partial charge is 0.0864 e. The van der Waals surface area contributed by atoms with Gasteiger partial charge >= 0.3 is 0 Å². The summed E-state index contributed by atoms with van der Waals surface area (Å²) in [6.45, 7) is 9.04. The van der Waals surface area contributed by atoms with Gasteiger partial charge in [0.2, 0.25) is 0 Å². The highest BCUT2D eigenvalue weighted by atomic mass is 16.5. The SMILES string of the molecule is CCCCN1CCOCC1N1CCCC1. The van der Waals surface area contributed by atoms with Crippen molar-refractivity contribution in [3.05, 3.63) is 0 Å². The predicted octanol–water partition coefficient (Wildman–Crippen LogP) is 1.54. The van der Waals surface area contributed by atoms with Crippen LogP contribution in [0.1, 0.15) is 32.6 Å². The van der Waals surface area contributed by atoms with Gasteiger partial charge in [0.05, 0.1) is 19.4 Å². The molecule has 0 aromatic rings. The first-order valence-electron chi connectivity index (χ1n) is 6.47. The van der Waals surface area contributed by atoms with Crippen LogP contribution in [0.3, 0.4) is 0 Å². The van der Waals surface area contributed by atoms with Gasteiger partial charge in [-0.15, -0.1) is 0 Å². The van der Waals surface area contributed by atoms with Crippen LogP contribution in [0.15, 0.2) is 0 Å². The predicted molar refractivity (Wildman–Crippen MR) is 61.9 cm³/mol. The Morgan fingerprint density at radius 3 is 2.73 bits per heavy atom. The molecular formula is C12H24N2O. The standard InChI is InChI=1S/C12H24N2O/c1-2-3-6-14-9-10-15-11-12(14)13-7-4-5-8-13/h12H,2-11H2,1H3. The third-order valence-corrected chi connectivity index (χ3v) is 3.57. The molecule has 2 saturated heterocycles. The Morgan fingerprint density at radius 2 is 2.00 bits per heavy atom. The number of ether oxygens (including phenoxy) is 1. The molecule has 0 N–H and O–H groups in total. The molecule has 0 spiro atoms. The molecule has 1 atom stereocenters. The van der Waals surface area contributed by atoms with E-state index in [4.69, 9.17) is 4.74 Å². The molecule has 0 aliphatic carbocycles. The summed E-state index contributed by atoms with van der Waals surface area (Å²) in [7, 11) is 0. The molecular weight excluding hydrogens is 188 g/mol. The summed E-state index contributed by atoms with van der Waals surface area (Å²) >= 11 is 0. The topological polar surface area (TPSA) is 15.7 Å². The summed E-state index contributed by atoms with van der Waals surface area (Å²) in [6.07, 6.45) is 5.94. The fourth-order valence-electron chi connectivity index (χ4n) is 2.62. The lowest BCUT2D eigenvalue weighted by molar-refractivity contribution is -0.0691. The highest BCUT2D eigenvalue weighted by Gasteiger charge is 2.29. The van der Waals surface area contributed by atoms with Gasteiger partial charge in [-0.25, -0.2) is 0 Å². The molecule has 2 aliphatic rings. The van der Waals surface area contributed by atoms with E-state index < -0.39 is 0 Å². The van der Waals surface area contributed by atoms with Gasteiger partial charge < -0.3 is 4.74 Å². The zero-order chi connectivity index (χ0) is 10.5. The highest BCUT2D eigenvalue weighted by Crippen LogP contribution is 2.18. The Balaban J connectivity index is 1.86. The van der Waals surface area contributed by atoms with Crippen LogP contribution in [-0.2, 0) is 4.74 Å². The molecule has 0 bridgehead atoms. The number of unbranched alkanes of at least 4 members (excludes halogenated alkanes) is 1. The quantitative estimate of drug-likeness (QED) is 0.703. The largest absolute Gasteiger partial charge is 0.377 e. The molecule has 1 unspecified atom stereocenters. The van der Waals surface area contributed by atoms with Crippen molar-refractivity contribution in [3.8, 4) is 0 Å². The molecule has 2 fully saturated rings. The lowest BCUT2D eigenvalue weighted by Crippen LogP contribution is -2.54. The third kappa shape index (κ3) is 2.92. The van der Waals surface area contributed by atoms with Gasteiger partial charge in [0, 0.05) is 6.54 Å². The Labute approximate surface area is 93.4 Å². The minimum atomic E-state index is 0.577. The van der Waals surface area contributed by atoms with Crippen LogP contribution >= 0.6 is 0 Å². The molecule has 0 aromatic carbocycles. The maximum atomic E-state index is 5.62. The lowest BCUT2D eigenvalue weighted by Gasteiger charge is -2.40. The number of morpholine rings is 1. The van der Waals surface area contributed by atoms with Crippen LogP contribution in [-0.4, -0.2) is 55.4 Å². The van der Waals surface area contributed by atoms with Crippen molar-refractivity contribution < 1.29 is 4.74 Å². The van der Waals surface area contributed by atoms with E-state index in [-0.39, 0.29) is 0 Å². The summed E-state index contributed by atoms with van der Waals surface area (Å²) < 4.78 is 5.62. The van der Waals surface area contributed by atoms with E-state index in [0.29, 0.717) is 6.17 Å². The molecule has 0 amide bonds. The Hall–Kier alpha value is -0.120. The number of nitrogens with zero attached hydrogens (tertiary/aromatic N) is 2. The first-order valence-corrected chi connectivity index (χ1v) is 6.47. The summed E-state index contributed by atoms with van der Waals surface area (Å²) in [4.78, 5) is 5.23. The van der Waals surface area contributed by atoms with Crippen molar-refractivity contribution in [2.24, 2.45) is 0 Å². The Bertz CT molecular complexity index is 180. The summed E-state index contributed by atoms with van der Waals surface area (Å²) in [5.41, 5.74) is 0. The van der Waals surface area contributed by atoms with Crippen LogP contribution in [0.25, 0.3) is 0 Å². The van der Waals surface area contributed by atoms with Crippen molar-refractivity contribution in [1.29, 1.82) is 0 Å². The third-order valence-electron chi connectivity index (χ3n) is 3.57. The summed E-state index contributed by atoms with van der Waals surface area (Å²) in [5.74, 6) is 0. The number of hydrogen-bond donors (Lipinski definition) is 0. The minimum absolute atomic E-state index is 0.577. The van der Waals surface area contributed by atoms with Gasteiger partial charge in [0.1, 0.15) is 0 Å². The van der Waals surface area contributed by atoms with Gasteiger partial charge in [-0.2, -0.15) is 0 Å². The van der Waals surface area contributed by atoms with Crippen LogP contribution in [0.5, 0.6) is 0 Å². The Kier molecular flexibility index (Phi) is 4.42. The zero-order valence-corrected chi connectivity index (χ0v) is 9.95. The van der Waals surface area contributed by atoms with Gasteiger partial charge in [-0.05, 0) is 38.9 Å².